The molecule has 4 heteroatoms. The van der Waals surface area contributed by atoms with Crippen LogP contribution in [0, 0.1) is 5.41 Å². The molecule has 2 aromatic rings. The van der Waals surface area contributed by atoms with Gasteiger partial charge in [0.15, 0.2) is 0 Å². The Hall–Kier alpha value is -2.10. The maximum absolute atomic E-state index is 7.45. The molecule has 0 saturated carbocycles. The van der Waals surface area contributed by atoms with Gasteiger partial charge in [-0.3, -0.25) is 0 Å². The lowest BCUT2D eigenvalue weighted by Crippen LogP contribution is -2.40. The average Bonchev–Trinajstić information content (AvgIpc) is 2.64. The van der Waals surface area contributed by atoms with Crippen LogP contribution >= 0.6 is 11.6 Å². The second-order valence-corrected chi connectivity index (χ2v) is 6.62. The van der Waals surface area contributed by atoms with Crippen molar-refractivity contribution in [3.05, 3.63) is 76.4 Å². The summed E-state index contributed by atoms with van der Waals surface area (Å²) in [5, 5.41) is 11.7. The molecule has 0 atom stereocenters. The predicted octanol–water partition coefficient (Wildman–Crippen LogP) is 3.96. The van der Waals surface area contributed by atoms with Crippen molar-refractivity contribution in [2.45, 2.75) is 18.3 Å². The fourth-order valence-corrected chi connectivity index (χ4v) is 3.70. The van der Waals surface area contributed by atoms with Gasteiger partial charge in [0.1, 0.15) is 0 Å². The summed E-state index contributed by atoms with van der Waals surface area (Å²) in [6.07, 6.45) is 4.87. The van der Waals surface area contributed by atoms with Crippen LogP contribution in [-0.4, -0.2) is 19.3 Å². The zero-order valence-corrected chi connectivity index (χ0v) is 14.3. The number of rotatable bonds is 4. The first-order valence-corrected chi connectivity index (χ1v) is 8.57. The number of halogens is 1. The van der Waals surface area contributed by atoms with E-state index in [1.165, 1.54) is 23.5 Å². The number of piperidine rings is 1. The van der Waals surface area contributed by atoms with Crippen LogP contribution < -0.4 is 11.1 Å². The van der Waals surface area contributed by atoms with Crippen LogP contribution in [0.4, 0.5) is 0 Å². The first-order valence-electron chi connectivity index (χ1n) is 8.20. The van der Waals surface area contributed by atoms with E-state index in [0.717, 1.165) is 42.1 Å². The molecule has 0 unspecified atom stereocenters. The monoisotopic (exact) mass is 339 g/mol. The van der Waals surface area contributed by atoms with Crippen molar-refractivity contribution in [2.75, 3.05) is 13.1 Å². The van der Waals surface area contributed by atoms with E-state index in [4.69, 9.17) is 22.7 Å². The molecular weight excluding hydrogens is 318 g/mol. The molecule has 124 valence electrons. The largest absolute Gasteiger partial charge is 0.404 e. The molecule has 24 heavy (non-hydrogen) atoms. The van der Waals surface area contributed by atoms with Crippen molar-refractivity contribution in [3.63, 3.8) is 0 Å². The smallest absolute Gasteiger partial charge is 0.0406 e. The molecule has 1 aliphatic heterocycles. The second-order valence-electron chi connectivity index (χ2n) is 6.18. The Labute approximate surface area is 148 Å². The summed E-state index contributed by atoms with van der Waals surface area (Å²) >= 11 is 6.08. The van der Waals surface area contributed by atoms with Gasteiger partial charge in [-0.05, 0) is 54.8 Å². The molecule has 1 aliphatic rings. The van der Waals surface area contributed by atoms with Crippen LogP contribution in [0.15, 0.2) is 54.7 Å². The number of nitrogens with two attached hydrogens (primary N) is 1. The minimum Gasteiger partial charge on any atom is -0.404 e. The van der Waals surface area contributed by atoms with Crippen LogP contribution in [0.25, 0.3) is 5.57 Å². The minimum absolute atomic E-state index is 0.00560. The highest BCUT2D eigenvalue weighted by atomic mass is 35.5. The van der Waals surface area contributed by atoms with Gasteiger partial charge < -0.3 is 16.5 Å². The third-order valence-corrected chi connectivity index (χ3v) is 5.21. The molecular formula is C20H22ClN3. The quantitative estimate of drug-likeness (QED) is 0.738. The molecule has 1 saturated heterocycles. The Morgan fingerprint density at radius 1 is 1.00 bits per heavy atom. The van der Waals surface area contributed by atoms with Crippen LogP contribution in [-0.2, 0) is 5.41 Å². The van der Waals surface area contributed by atoms with E-state index in [0.29, 0.717) is 0 Å². The zero-order chi connectivity index (χ0) is 17.0. The Bertz CT molecular complexity index is 726. The van der Waals surface area contributed by atoms with Gasteiger partial charge in [-0.2, -0.15) is 0 Å². The van der Waals surface area contributed by atoms with E-state index in [1.54, 1.807) is 0 Å². The summed E-state index contributed by atoms with van der Waals surface area (Å²) in [6, 6.07) is 16.7. The van der Waals surface area contributed by atoms with Crippen molar-refractivity contribution in [2.24, 2.45) is 5.73 Å². The Morgan fingerprint density at radius 2 is 1.54 bits per heavy atom. The van der Waals surface area contributed by atoms with Crippen molar-refractivity contribution < 1.29 is 0 Å². The topological polar surface area (TPSA) is 61.9 Å². The predicted molar refractivity (Wildman–Crippen MR) is 102 cm³/mol. The molecule has 2 aromatic carbocycles. The highest BCUT2D eigenvalue weighted by Crippen LogP contribution is 2.40. The van der Waals surface area contributed by atoms with Crippen LogP contribution in [0.2, 0.25) is 5.02 Å². The van der Waals surface area contributed by atoms with E-state index >= 15 is 0 Å². The van der Waals surface area contributed by atoms with Gasteiger partial charge in [0.05, 0.1) is 0 Å². The van der Waals surface area contributed by atoms with Gasteiger partial charge in [-0.15, -0.1) is 0 Å². The van der Waals surface area contributed by atoms with Crippen LogP contribution in [0.5, 0.6) is 0 Å². The van der Waals surface area contributed by atoms with Gasteiger partial charge in [0.2, 0.25) is 0 Å². The Balaban J connectivity index is 2.03. The summed E-state index contributed by atoms with van der Waals surface area (Å²) in [5.74, 6) is 0. The summed E-state index contributed by atoms with van der Waals surface area (Å²) in [6.45, 7) is 2.00. The van der Waals surface area contributed by atoms with Gasteiger partial charge in [-0.25, -0.2) is 0 Å². The molecule has 0 bridgehead atoms. The highest BCUT2D eigenvalue weighted by molar-refractivity contribution is 6.30. The van der Waals surface area contributed by atoms with Gasteiger partial charge in [0.25, 0.3) is 0 Å². The Morgan fingerprint density at radius 3 is 2.04 bits per heavy atom. The third kappa shape index (κ3) is 3.10. The van der Waals surface area contributed by atoms with Crippen molar-refractivity contribution >= 4 is 23.4 Å². The normalized spacial score (nSPS) is 17.5. The molecule has 0 radical (unpaired) electrons. The molecule has 4 N–H and O–H groups in total. The lowest BCUT2D eigenvalue weighted by atomic mass is 9.68. The molecule has 3 nitrogen and oxygen atoms in total. The standard InChI is InChI=1S/C20H22ClN3/c21-19-7-5-18(6-8-19)20(9-11-24-12-10-20)17-3-1-15(2-4-17)16(13-22)14-23/h1-8,13-14,22,24H,9-12,23H2/b16-14+,22-13?. The van der Waals surface area contributed by atoms with E-state index in [9.17, 15) is 0 Å². The fraction of sp³-hybridized carbons (Fsp3) is 0.250. The molecule has 0 aliphatic carbocycles. The number of benzene rings is 2. The Kier molecular flexibility index (Phi) is 5.03. The number of allylic oxidation sites excluding steroid dienone is 1. The molecule has 0 spiro atoms. The van der Waals surface area contributed by atoms with Gasteiger partial charge in [0, 0.05) is 28.4 Å². The molecule has 1 heterocycles. The van der Waals surface area contributed by atoms with Gasteiger partial charge in [-0.1, -0.05) is 48.0 Å². The minimum atomic E-state index is 0.00560. The summed E-state index contributed by atoms with van der Waals surface area (Å²) in [7, 11) is 0. The first kappa shape index (κ1) is 16.7. The first-order chi connectivity index (χ1) is 11.7. The third-order valence-electron chi connectivity index (χ3n) is 4.96. The molecule has 0 amide bonds. The van der Waals surface area contributed by atoms with Crippen LogP contribution in [0.1, 0.15) is 29.5 Å². The summed E-state index contributed by atoms with van der Waals surface area (Å²) < 4.78 is 0. The highest BCUT2D eigenvalue weighted by Gasteiger charge is 2.35. The van der Waals surface area contributed by atoms with Crippen molar-refractivity contribution in [1.29, 1.82) is 5.41 Å². The summed E-state index contributed by atoms with van der Waals surface area (Å²) in [4.78, 5) is 0. The number of hydrogen-bond donors (Lipinski definition) is 3. The SMILES string of the molecule is N=C/C(=C\N)c1ccc(C2(c3ccc(Cl)cc3)CCNCC2)cc1. The van der Waals surface area contributed by atoms with E-state index < -0.39 is 0 Å². The number of hydrogen-bond acceptors (Lipinski definition) is 3. The summed E-state index contributed by atoms with van der Waals surface area (Å²) in [5.41, 5.74) is 9.91. The zero-order valence-electron chi connectivity index (χ0n) is 13.6. The van der Waals surface area contributed by atoms with Gasteiger partial charge >= 0.3 is 0 Å². The molecule has 0 aromatic heterocycles. The van der Waals surface area contributed by atoms with E-state index in [2.05, 4.69) is 41.7 Å². The molecule has 1 fully saturated rings. The van der Waals surface area contributed by atoms with Crippen molar-refractivity contribution in [3.8, 4) is 0 Å². The number of nitrogens with one attached hydrogen (secondary N) is 2. The average molecular weight is 340 g/mol. The lowest BCUT2D eigenvalue weighted by Gasteiger charge is -2.39. The molecule has 3 rings (SSSR count). The van der Waals surface area contributed by atoms with Crippen LogP contribution in [0.3, 0.4) is 0 Å². The fourth-order valence-electron chi connectivity index (χ4n) is 3.58. The van der Waals surface area contributed by atoms with Crippen molar-refractivity contribution in [1.82, 2.24) is 5.32 Å². The lowest BCUT2D eigenvalue weighted by molar-refractivity contribution is 0.362. The second kappa shape index (κ2) is 7.20. The maximum Gasteiger partial charge on any atom is 0.0406 e. The maximum atomic E-state index is 7.45. The van der Waals surface area contributed by atoms with E-state index in [-0.39, 0.29) is 5.41 Å². The van der Waals surface area contributed by atoms with E-state index in [1.807, 2.05) is 12.1 Å².